The first-order valence-electron chi connectivity index (χ1n) is 7.52. The zero-order chi connectivity index (χ0) is 13.9. The molecule has 1 atom stereocenters. The number of rotatable bonds is 10. The molecule has 0 aliphatic rings. The topological polar surface area (TPSA) is 34.1 Å². The lowest BCUT2D eigenvalue weighted by atomic mass is 10.0. The molecule has 0 bridgehead atoms. The van der Waals surface area contributed by atoms with Crippen molar-refractivity contribution in [2.24, 2.45) is 0 Å². The van der Waals surface area contributed by atoms with E-state index in [2.05, 4.69) is 30.2 Å². The van der Waals surface area contributed by atoms with Gasteiger partial charge in [0.2, 0.25) is 5.88 Å². The zero-order valence-corrected chi connectivity index (χ0v) is 12.6. The third-order valence-corrected chi connectivity index (χ3v) is 3.39. The van der Waals surface area contributed by atoms with Crippen molar-refractivity contribution in [3.63, 3.8) is 0 Å². The molecule has 1 aromatic rings. The largest absolute Gasteiger partial charge is 0.481 e. The Labute approximate surface area is 117 Å². The molecule has 0 saturated carbocycles. The van der Waals surface area contributed by atoms with E-state index in [9.17, 15) is 0 Å². The zero-order valence-electron chi connectivity index (χ0n) is 12.6. The normalized spacial score (nSPS) is 12.4. The lowest BCUT2D eigenvalue weighted by molar-refractivity contribution is 0.397. The fourth-order valence-corrected chi connectivity index (χ4v) is 2.32. The van der Waals surface area contributed by atoms with Crippen LogP contribution in [0.2, 0.25) is 0 Å². The fraction of sp³-hybridized carbons (Fsp3) is 0.688. The van der Waals surface area contributed by atoms with Gasteiger partial charge in [-0.15, -0.1) is 0 Å². The monoisotopic (exact) mass is 264 g/mol. The third kappa shape index (κ3) is 6.58. The SMILES string of the molecule is CCCCCCC(Cc1ccc(OC)nc1)NCC. The van der Waals surface area contributed by atoms with Crippen molar-refractivity contribution in [1.29, 1.82) is 0 Å². The molecular formula is C16H28N2O. The molecule has 0 saturated heterocycles. The summed E-state index contributed by atoms with van der Waals surface area (Å²) in [5.41, 5.74) is 1.28. The second kappa shape index (κ2) is 9.79. The van der Waals surface area contributed by atoms with E-state index in [0.29, 0.717) is 11.9 Å². The highest BCUT2D eigenvalue weighted by Crippen LogP contribution is 2.12. The highest BCUT2D eigenvalue weighted by atomic mass is 16.5. The summed E-state index contributed by atoms with van der Waals surface area (Å²) in [5, 5.41) is 3.58. The Morgan fingerprint density at radius 2 is 2.05 bits per heavy atom. The minimum Gasteiger partial charge on any atom is -0.481 e. The molecule has 0 amide bonds. The second-order valence-electron chi connectivity index (χ2n) is 5.02. The summed E-state index contributed by atoms with van der Waals surface area (Å²) in [6, 6.07) is 4.62. The number of unbranched alkanes of at least 4 members (excludes halogenated alkanes) is 3. The van der Waals surface area contributed by atoms with Gasteiger partial charge in [-0.3, -0.25) is 0 Å². The maximum Gasteiger partial charge on any atom is 0.212 e. The Hall–Kier alpha value is -1.09. The molecule has 0 radical (unpaired) electrons. The smallest absolute Gasteiger partial charge is 0.212 e. The minimum absolute atomic E-state index is 0.567. The Morgan fingerprint density at radius 1 is 1.21 bits per heavy atom. The summed E-state index contributed by atoms with van der Waals surface area (Å²) >= 11 is 0. The maximum absolute atomic E-state index is 5.09. The second-order valence-corrected chi connectivity index (χ2v) is 5.02. The predicted octanol–water partition coefficient (Wildman–Crippen LogP) is 3.58. The van der Waals surface area contributed by atoms with Gasteiger partial charge in [0.15, 0.2) is 0 Å². The standard InChI is InChI=1S/C16H28N2O/c1-4-6-7-8-9-15(17-5-2)12-14-10-11-16(19-3)18-13-14/h10-11,13,15,17H,4-9,12H2,1-3H3. The molecule has 19 heavy (non-hydrogen) atoms. The number of aromatic nitrogens is 1. The summed E-state index contributed by atoms with van der Waals surface area (Å²) in [4.78, 5) is 4.27. The van der Waals surface area contributed by atoms with Crippen molar-refractivity contribution < 1.29 is 4.74 Å². The van der Waals surface area contributed by atoms with Gasteiger partial charge in [0.05, 0.1) is 7.11 Å². The van der Waals surface area contributed by atoms with Crippen LogP contribution in [0.1, 0.15) is 51.5 Å². The average Bonchev–Trinajstić information content (AvgIpc) is 2.44. The van der Waals surface area contributed by atoms with Gasteiger partial charge >= 0.3 is 0 Å². The van der Waals surface area contributed by atoms with Crippen LogP contribution in [-0.2, 0) is 6.42 Å². The van der Waals surface area contributed by atoms with Crippen LogP contribution < -0.4 is 10.1 Å². The first kappa shape index (κ1) is 16.0. The first-order valence-corrected chi connectivity index (χ1v) is 7.52. The Bertz CT molecular complexity index is 324. The highest BCUT2D eigenvalue weighted by Gasteiger charge is 2.08. The molecule has 3 heteroatoms. The van der Waals surface area contributed by atoms with Crippen LogP contribution in [-0.4, -0.2) is 24.7 Å². The molecule has 0 aromatic carbocycles. The van der Waals surface area contributed by atoms with Gasteiger partial charge in [-0.2, -0.15) is 0 Å². The van der Waals surface area contributed by atoms with Gasteiger partial charge in [-0.1, -0.05) is 45.6 Å². The van der Waals surface area contributed by atoms with Gasteiger partial charge < -0.3 is 10.1 Å². The van der Waals surface area contributed by atoms with E-state index >= 15 is 0 Å². The van der Waals surface area contributed by atoms with E-state index in [4.69, 9.17) is 4.74 Å². The number of hydrogen-bond acceptors (Lipinski definition) is 3. The molecule has 0 aliphatic carbocycles. The lowest BCUT2D eigenvalue weighted by Gasteiger charge is -2.17. The third-order valence-electron chi connectivity index (χ3n) is 3.39. The number of nitrogens with one attached hydrogen (secondary N) is 1. The molecule has 1 rings (SSSR count). The predicted molar refractivity (Wildman–Crippen MR) is 80.7 cm³/mol. The van der Waals surface area contributed by atoms with Gasteiger partial charge in [0.1, 0.15) is 0 Å². The van der Waals surface area contributed by atoms with Crippen molar-refractivity contribution >= 4 is 0 Å². The van der Waals surface area contributed by atoms with Crippen molar-refractivity contribution in [2.45, 2.75) is 58.4 Å². The van der Waals surface area contributed by atoms with Gasteiger partial charge in [0.25, 0.3) is 0 Å². The van der Waals surface area contributed by atoms with Crippen molar-refractivity contribution in [3.05, 3.63) is 23.9 Å². The molecule has 1 heterocycles. The van der Waals surface area contributed by atoms with Crippen LogP contribution >= 0.6 is 0 Å². The highest BCUT2D eigenvalue weighted by molar-refractivity contribution is 5.18. The van der Waals surface area contributed by atoms with Gasteiger partial charge in [-0.25, -0.2) is 4.98 Å². The lowest BCUT2D eigenvalue weighted by Crippen LogP contribution is -2.30. The van der Waals surface area contributed by atoms with Crippen LogP contribution in [0, 0.1) is 0 Å². The van der Waals surface area contributed by atoms with Crippen molar-refractivity contribution in [1.82, 2.24) is 10.3 Å². The van der Waals surface area contributed by atoms with E-state index in [1.165, 1.54) is 37.7 Å². The summed E-state index contributed by atoms with van der Waals surface area (Å²) in [6.45, 7) is 5.46. The summed E-state index contributed by atoms with van der Waals surface area (Å²) < 4.78 is 5.09. The van der Waals surface area contributed by atoms with E-state index in [1.54, 1.807) is 7.11 Å². The number of ether oxygens (including phenoxy) is 1. The van der Waals surface area contributed by atoms with Crippen molar-refractivity contribution in [3.8, 4) is 5.88 Å². The fourth-order valence-electron chi connectivity index (χ4n) is 2.32. The van der Waals surface area contributed by atoms with Crippen LogP contribution in [0.25, 0.3) is 0 Å². The Kier molecular flexibility index (Phi) is 8.23. The van der Waals surface area contributed by atoms with E-state index in [0.717, 1.165) is 13.0 Å². The van der Waals surface area contributed by atoms with Crippen LogP contribution in [0.5, 0.6) is 5.88 Å². The molecule has 1 N–H and O–H groups in total. The van der Waals surface area contributed by atoms with Gasteiger partial charge in [-0.05, 0) is 24.9 Å². The molecule has 3 nitrogen and oxygen atoms in total. The van der Waals surface area contributed by atoms with Gasteiger partial charge in [0, 0.05) is 18.3 Å². The minimum atomic E-state index is 0.567. The molecular weight excluding hydrogens is 236 g/mol. The van der Waals surface area contributed by atoms with Crippen LogP contribution in [0.4, 0.5) is 0 Å². The number of hydrogen-bond donors (Lipinski definition) is 1. The van der Waals surface area contributed by atoms with E-state index < -0.39 is 0 Å². The van der Waals surface area contributed by atoms with E-state index in [1.807, 2.05) is 12.3 Å². The Morgan fingerprint density at radius 3 is 2.63 bits per heavy atom. The molecule has 108 valence electrons. The maximum atomic E-state index is 5.09. The van der Waals surface area contributed by atoms with Crippen molar-refractivity contribution in [2.75, 3.05) is 13.7 Å². The Balaban J connectivity index is 2.42. The molecule has 1 aromatic heterocycles. The molecule has 0 fully saturated rings. The summed E-state index contributed by atoms with van der Waals surface area (Å²) in [6.07, 6.45) is 9.54. The molecule has 0 spiro atoms. The quantitative estimate of drug-likeness (QED) is 0.656. The van der Waals surface area contributed by atoms with Crippen LogP contribution in [0.3, 0.4) is 0 Å². The summed E-state index contributed by atoms with van der Waals surface area (Å²) in [5.74, 6) is 0.687. The molecule has 1 unspecified atom stereocenters. The van der Waals surface area contributed by atoms with E-state index in [-0.39, 0.29) is 0 Å². The van der Waals surface area contributed by atoms with Crippen LogP contribution in [0.15, 0.2) is 18.3 Å². The molecule has 0 aliphatic heterocycles. The first-order chi connectivity index (χ1) is 9.30. The number of pyridine rings is 1. The number of likely N-dealkylation sites (N-methyl/N-ethyl adjacent to an activating group) is 1. The average molecular weight is 264 g/mol. The number of methoxy groups -OCH3 is 1. The summed E-state index contributed by atoms with van der Waals surface area (Å²) in [7, 11) is 1.65. The number of nitrogens with zero attached hydrogens (tertiary/aromatic N) is 1.